The Kier molecular flexibility index (Phi) is 4.79. The summed E-state index contributed by atoms with van der Waals surface area (Å²) in [5.74, 6) is -1.22. The summed E-state index contributed by atoms with van der Waals surface area (Å²) in [6.07, 6.45) is 1.44. The number of rotatable bonds is 3. The van der Waals surface area contributed by atoms with Gasteiger partial charge in [-0.15, -0.1) is 0 Å². The molecule has 2 aromatic carbocycles. The van der Waals surface area contributed by atoms with E-state index in [9.17, 15) is 9.59 Å². The van der Waals surface area contributed by atoms with Crippen LogP contribution in [-0.4, -0.2) is 34.0 Å². The first-order valence-electron chi connectivity index (χ1n) is 9.25. The van der Waals surface area contributed by atoms with Gasteiger partial charge < -0.3 is 18.9 Å². The summed E-state index contributed by atoms with van der Waals surface area (Å²) in [5, 5.41) is -0.0321. The van der Waals surface area contributed by atoms with Crippen LogP contribution in [0.3, 0.4) is 0 Å². The number of pyridine rings is 1. The Labute approximate surface area is 185 Å². The van der Waals surface area contributed by atoms with Crippen LogP contribution in [0.2, 0.25) is 5.15 Å². The van der Waals surface area contributed by atoms with Gasteiger partial charge in [-0.1, -0.05) is 23.7 Å². The highest BCUT2D eigenvalue weighted by atomic mass is 35.5. The molecule has 2 aromatic heterocycles. The number of hydrogen-bond acceptors (Lipinski definition) is 9. The molecule has 0 N–H and O–H groups in total. The van der Waals surface area contributed by atoms with E-state index in [1.54, 1.807) is 18.2 Å². The zero-order chi connectivity index (χ0) is 22.2. The molecule has 0 radical (unpaired) electrons. The van der Waals surface area contributed by atoms with Crippen LogP contribution in [0.15, 0.2) is 54.7 Å². The third-order valence-corrected chi connectivity index (χ3v) is 4.84. The van der Waals surface area contributed by atoms with E-state index in [1.807, 2.05) is 12.1 Å². The van der Waals surface area contributed by atoms with Gasteiger partial charge in [-0.2, -0.15) is 0 Å². The van der Waals surface area contributed by atoms with Crippen LogP contribution < -0.4 is 14.2 Å². The number of ether oxygens (including phenoxy) is 4. The van der Waals surface area contributed by atoms with Crippen molar-refractivity contribution in [3.8, 4) is 29.0 Å². The van der Waals surface area contributed by atoms with Crippen LogP contribution in [0.4, 0.5) is 0 Å². The second kappa shape index (κ2) is 7.78. The molecular weight excluding hydrogens is 438 g/mol. The van der Waals surface area contributed by atoms with Gasteiger partial charge in [-0.25, -0.2) is 24.5 Å². The molecule has 0 amide bonds. The summed E-state index contributed by atoms with van der Waals surface area (Å²) in [6, 6.07) is 12.9. The van der Waals surface area contributed by atoms with Gasteiger partial charge in [0.05, 0.1) is 29.3 Å². The van der Waals surface area contributed by atoms with Crippen LogP contribution in [0.5, 0.6) is 29.0 Å². The maximum absolute atomic E-state index is 12.7. The van der Waals surface area contributed by atoms with Crippen molar-refractivity contribution >= 4 is 34.6 Å². The Morgan fingerprint density at radius 2 is 1.66 bits per heavy atom. The number of methoxy groups -OCH3 is 1. The average molecular weight is 450 g/mol. The van der Waals surface area contributed by atoms with Gasteiger partial charge in [-0.05, 0) is 36.4 Å². The van der Waals surface area contributed by atoms with Crippen molar-refractivity contribution < 1.29 is 28.5 Å². The monoisotopic (exact) mass is 449 g/mol. The fraction of sp³-hybridized carbons (Fsp3) is 0.0455. The lowest BCUT2D eigenvalue weighted by Crippen LogP contribution is -2.13. The largest absolute Gasteiger partial charge is 0.465 e. The zero-order valence-corrected chi connectivity index (χ0v) is 17.1. The quantitative estimate of drug-likeness (QED) is 0.222. The normalized spacial score (nSPS) is 11.6. The van der Waals surface area contributed by atoms with Crippen molar-refractivity contribution in [1.82, 2.24) is 15.0 Å². The van der Waals surface area contributed by atoms with Gasteiger partial charge in [0.15, 0.2) is 11.5 Å². The van der Waals surface area contributed by atoms with Crippen LogP contribution in [-0.2, 0) is 4.74 Å². The molecule has 5 rings (SSSR count). The van der Waals surface area contributed by atoms with E-state index in [-0.39, 0.29) is 45.3 Å². The highest BCUT2D eigenvalue weighted by Crippen LogP contribution is 2.49. The van der Waals surface area contributed by atoms with E-state index < -0.39 is 11.9 Å². The van der Waals surface area contributed by atoms with Crippen molar-refractivity contribution in [3.05, 3.63) is 71.0 Å². The standard InChI is InChI=1S/C22H12ClN3O6/c1-29-21(27)11-9-15-17(16(10-11)31-22(28)12-5-4-8-24-18(12)23)32-20-19(30-15)25-13-6-2-3-7-14(13)26-20/h2-10H,1H3. The van der Waals surface area contributed by atoms with Gasteiger partial charge in [0.25, 0.3) is 11.8 Å². The van der Waals surface area contributed by atoms with Crippen LogP contribution in [0, 0.1) is 0 Å². The summed E-state index contributed by atoms with van der Waals surface area (Å²) < 4.78 is 22.0. The highest BCUT2D eigenvalue weighted by Gasteiger charge is 2.29. The van der Waals surface area contributed by atoms with Crippen molar-refractivity contribution in [1.29, 1.82) is 0 Å². The predicted molar refractivity (Wildman–Crippen MR) is 112 cm³/mol. The van der Waals surface area contributed by atoms with Crippen molar-refractivity contribution in [2.45, 2.75) is 0 Å². The fourth-order valence-corrected chi connectivity index (χ4v) is 3.26. The number of para-hydroxylation sites is 2. The van der Waals surface area contributed by atoms with Gasteiger partial charge in [0.1, 0.15) is 5.15 Å². The maximum Gasteiger partial charge on any atom is 0.346 e. The number of hydrogen-bond donors (Lipinski definition) is 0. The van der Waals surface area contributed by atoms with E-state index in [1.165, 1.54) is 31.5 Å². The number of carbonyl (C=O) groups excluding carboxylic acids is 2. The molecule has 0 unspecified atom stereocenters. The summed E-state index contributed by atoms with van der Waals surface area (Å²) in [7, 11) is 1.23. The molecule has 0 atom stereocenters. The van der Waals surface area contributed by atoms with Crippen LogP contribution >= 0.6 is 11.6 Å². The Balaban J connectivity index is 1.59. The molecule has 0 spiro atoms. The van der Waals surface area contributed by atoms with E-state index in [2.05, 4.69) is 15.0 Å². The molecule has 0 saturated carbocycles. The molecule has 10 heteroatoms. The number of carbonyl (C=O) groups is 2. The summed E-state index contributed by atoms with van der Waals surface area (Å²) >= 11 is 6.00. The Morgan fingerprint density at radius 1 is 0.938 bits per heavy atom. The third kappa shape index (κ3) is 3.44. The minimum absolute atomic E-state index is 0.0321. The number of benzene rings is 2. The van der Waals surface area contributed by atoms with Gasteiger partial charge >= 0.3 is 11.9 Å². The molecule has 32 heavy (non-hydrogen) atoms. The number of aromatic nitrogens is 3. The second-order valence-electron chi connectivity index (χ2n) is 6.55. The smallest absolute Gasteiger partial charge is 0.346 e. The highest BCUT2D eigenvalue weighted by molar-refractivity contribution is 6.32. The third-order valence-electron chi connectivity index (χ3n) is 4.54. The van der Waals surface area contributed by atoms with E-state index >= 15 is 0 Å². The minimum Gasteiger partial charge on any atom is -0.465 e. The first kappa shape index (κ1) is 19.7. The predicted octanol–water partition coefficient (Wildman–Crippen LogP) is 4.58. The van der Waals surface area contributed by atoms with Gasteiger partial charge in [0, 0.05) is 6.20 Å². The number of halogens is 1. The SMILES string of the molecule is COC(=O)c1cc(OC(=O)c2cccnc2Cl)c2c(c1)Oc1nc3ccccc3nc1O2. The fourth-order valence-electron chi connectivity index (χ4n) is 3.06. The van der Waals surface area contributed by atoms with Crippen molar-refractivity contribution in [3.63, 3.8) is 0 Å². The summed E-state index contributed by atoms with van der Waals surface area (Å²) in [6.45, 7) is 0. The van der Waals surface area contributed by atoms with Crippen molar-refractivity contribution in [2.75, 3.05) is 7.11 Å². The first-order chi connectivity index (χ1) is 15.5. The lowest BCUT2D eigenvalue weighted by molar-refractivity contribution is 0.0596. The molecule has 1 aliphatic heterocycles. The van der Waals surface area contributed by atoms with E-state index in [0.717, 1.165) is 0 Å². The lowest BCUT2D eigenvalue weighted by atomic mass is 10.1. The van der Waals surface area contributed by atoms with E-state index in [4.69, 9.17) is 30.5 Å². The number of esters is 2. The topological polar surface area (TPSA) is 110 Å². The van der Waals surface area contributed by atoms with E-state index in [0.29, 0.717) is 11.0 Å². The first-order valence-corrected chi connectivity index (χ1v) is 9.63. The van der Waals surface area contributed by atoms with Crippen LogP contribution in [0.1, 0.15) is 20.7 Å². The molecule has 9 nitrogen and oxygen atoms in total. The van der Waals surface area contributed by atoms with Gasteiger partial charge in [-0.3, -0.25) is 0 Å². The Hall–Kier alpha value is -4.24. The number of nitrogens with zero attached hydrogens (tertiary/aromatic N) is 3. The Bertz CT molecular complexity index is 1410. The van der Waals surface area contributed by atoms with Crippen LogP contribution in [0.25, 0.3) is 11.0 Å². The lowest BCUT2D eigenvalue weighted by Gasteiger charge is -2.21. The average Bonchev–Trinajstić information content (AvgIpc) is 2.81. The molecule has 1 aliphatic rings. The molecule has 3 heterocycles. The molecule has 0 fully saturated rings. The molecule has 0 aliphatic carbocycles. The zero-order valence-electron chi connectivity index (χ0n) is 16.4. The molecule has 4 aromatic rings. The summed E-state index contributed by atoms with van der Waals surface area (Å²) in [4.78, 5) is 37.5. The number of fused-ring (bicyclic) bond motifs is 3. The second-order valence-corrected chi connectivity index (χ2v) is 6.91. The molecule has 158 valence electrons. The molecule has 0 bridgehead atoms. The van der Waals surface area contributed by atoms with Crippen molar-refractivity contribution in [2.24, 2.45) is 0 Å². The minimum atomic E-state index is -0.800. The Morgan fingerprint density at radius 3 is 2.34 bits per heavy atom. The maximum atomic E-state index is 12.7. The summed E-state index contributed by atoms with van der Waals surface area (Å²) in [5.41, 5.74) is 1.30. The molecular formula is C22H12ClN3O6. The molecule has 0 saturated heterocycles. The van der Waals surface area contributed by atoms with Gasteiger partial charge in [0.2, 0.25) is 5.75 Å².